The van der Waals surface area contributed by atoms with E-state index in [1.54, 1.807) is 11.9 Å². The van der Waals surface area contributed by atoms with Crippen molar-refractivity contribution in [3.05, 3.63) is 35.9 Å². The van der Waals surface area contributed by atoms with Crippen LogP contribution in [0, 0.1) is 0 Å². The number of rotatable bonds is 4. The van der Waals surface area contributed by atoms with Gasteiger partial charge in [0.05, 0.1) is 5.92 Å². The molecule has 2 amide bonds. The van der Waals surface area contributed by atoms with E-state index < -0.39 is 0 Å². The van der Waals surface area contributed by atoms with Gasteiger partial charge < -0.3 is 16.0 Å². The first-order chi connectivity index (χ1) is 9.69. The smallest absolute Gasteiger partial charge is 0.242 e. The summed E-state index contributed by atoms with van der Waals surface area (Å²) in [6.45, 7) is 0.875. The van der Waals surface area contributed by atoms with E-state index in [9.17, 15) is 9.59 Å². The van der Waals surface area contributed by atoms with Gasteiger partial charge in [0, 0.05) is 20.1 Å². The van der Waals surface area contributed by atoms with Crippen LogP contribution < -0.4 is 11.1 Å². The molecule has 0 aliphatic carbocycles. The zero-order valence-electron chi connectivity index (χ0n) is 11.7. The van der Waals surface area contributed by atoms with Crippen molar-refractivity contribution in [2.45, 2.75) is 24.8 Å². The molecule has 0 aromatic heterocycles. The molecule has 3 N–H and O–H groups in total. The lowest BCUT2D eigenvalue weighted by atomic mass is 9.97. The quantitative estimate of drug-likeness (QED) is 0.838. The van der Waals surface area contributed by atoms with Gasteiger partial charge in [-0.15, -0.1) is 0 Å². The van der Waals surface area contributed by atoms with E-state index in [0.717, 1.165) is 18.4 Å². The predicted octanol–water partition coefficient (Wildman–Crippen LogP) is 0.466. The topological polar surface area (TPSA) is 75.4 Å². The molecule has 0 radical (unpaired) electrons. The minimum absolute atomic E-state index is 0.0511. The van der Waals surface area contributed by atoms with Gasteiger partial charge in [0.25, 0.3) is 0 Å². The van der Waals surface area contributed by atoms with E-state index in [4.69, 9.17) is 5.73 Å². The molecule has 0 spiro atoms. The summed E-state index contributed by atoms with van der Waals surface area (Å²) < 4.78 is 0. The fraction of sp³-hybridized carbons (Fsp3) is 0.467. The van der Waals surface area contributed by atoms with E-state index in [0.29, 0.717) is 6.54 Å². The largest absolute Gasteiger partial charge is 0.357 e. The van der Waals surface area contributed by atoms with Crippen molar-refractivity contribution in [1.82, 2.24) is 10.2 Å². The lowest BCUT2D eigenvalue weighted by Gasteiger charge is -2.27. The summed E-state index contributed by atoms with van der Waals surface area (Å²) in [5.74, 6) is -0.522. The van der Waals surface area contributed by atoms with Gasteiger partial charge in [-0.2, -0.15) is 0 Å². The Bertz CT molecular complexity index is 475. The average Bonchev–Trinajstić information content (AvgIpc) is 2.97. The number of nitrogens with two attached hydrogens (primary N) is 1. The number of likely N-dealkylation sites (N-methyl/N-ethyl adjacent to an activating group) is 1. The van der Waals surface area contributed by atoms with Crippen LogP contribution in [0.2, 0.25) is 0 Å². The van der Waals surface area contributed by atoms with Crippen molar-refractivity contribution < 1.29 is 9.59 Å². The number of benzene rings is 1. The zero-order chi connectivity index (χ0) is 14.5. The van der Waals surface area contributed by atoms with Crippen molar-refractivity contribution in [2.24, 2.45) is 5.73 Å². The summed E-state index contributed by atoms with van der Waals surface area (Å²) >= 11 is 0. The van der Waals surface area contributed by atoms with Gasteiger partial charge in [0.2, 0.25) is 11.8 Å². The molecule has 20 heavy (non-hydrogen) atoms. The Kier molecular flexibility index (Phi) is 4.74. The highest BCUT2D eigenvalue weighted by molar-refractivity contribution is 5.91. The number of hydrogen-bond donors (Lipinski definition) is 2. The second kappa shape index (κ2) is 6.52. The molecule has 1 saturated heterocycles. The summed E-state index contributed by atoms with van der Waals surface area (Å²) in [4.78, 5) is 26.2. The molecule has 5 heteroatoms. The van der Waals surface area contributed by atoms with Gasteiger partial charge in [-0.1, -0.05) is 30.3 Å². The maximum atomic E-state index is 12.7. The normalized spacial score (nSPS) is 19.7. The van der Waals surface area contributed by atoms with Crippen molar-refractivity contribution in [3.8, 4) is 0 Å². The molecule has 2 atom stereocenters. The molecule has 5 nitrogen and oxygen atoms in total. The standard InChI is InChI=1S/C15H21N3O2/c1-17-14(19)13-8-5-9-18(13)15(20)12(10-16)11-6-3-2-4-7-11/h2-4,6-7,12-13H,5,8-10,16H2,1H3,(H,17,19). The monoisotopic (exact) mass is 275 g/mol. The van der Waals surface area contributed by atoms with Gasteiger partial charge in [-0.25, -0.2) is 0 Å². The highest BCUT2D eigenvalue weighted by atomic mass is 16.2. The fourth-order valence-electron chi connectivity index (χ4n) is 2.73. The number of nitrogens with zero attached hydrogens (tertiary/aromatic N) is 1. The Hall–Kier alpha value is -1.88. The third-order valence-electron chi connectivity index (χ3n) is 3.82. The average molecular weight is 275 g/mol. The number of amides is 2. The number of nitrogens with one attached hydrogen (secondary N) is 1. The maximum Gasteiger partial charge on any atom is 0.242 e. The van der Waals surface area contributed by atoms with Crippen LogP contribution in [-0.2, 0) is 9.59 Å². The Morgan fingerprint density at radius 2 is 2.10 bits per heavy atom. The zero-order valence-corrected chi connectivity index (χ0v) is 11.7. The van der Waals surface area contributed by atoms with Crippen LogP contribution in [0.4, 0.5) is 0 Å². The summed E-state index contributed by atoms with van der Waals surface area (Å²) in [7, 11) is 1.60. The van der Waals surface area contributed by atoms with Gasteiger partial charge in [-0.3, -0.25) is 9.59 Å². The lowest BCUT2D eigenvalue weighted by Crippen LogP contribution is -2.47. The first-order valence-corrected chi connectivity index (χ1v) is 6.96. The number of likely N-dealkylation sites (tertiary alicyclic amines) is 1. The predicted molar refractivity (Wildman–Crippen MR) is 77.0 cm³/mol. The van der Waals surface area contributed by atoms with Gasteiger partial charge in [0.1, 0.15) is 6.04 Å². The van der Waals surface area contributed by atoms with E-state index in [2.05, 4.69) is 5.32 Å². The summed E-state index contributed by atoms with van der Waals surface area (Å²) in [6.07, 6.45) is 1.58. The SMILES string of the molecule is CNC(=O)C1CCCN1C(=O)C(CN)c1ccccc1. The van der Waals surface area contributed by atoms with Gasteiger partial charge >= 0.3 is 0 Å². The van der Waals surface area contributed by atoms with E-state index in [1.165, 1.54) is 0 Å². The molecule has 1 fully saturated rings. The molecule has 2 unspecified atom stereocenters. The van der Waals surface area contributed by atoms with E-state index in [1.807, 2.05) is 30.3 Å². The molecular weight excluding hydrogens is 254 g/mol. The first kappa shape index (κ1) is 14.5. The third-order valence-corrected chi connectivity index (χ3v) is 3.82. The summed E-state index contributed by atoms with van der Waals surface area (Å²) in [6, 6.07) is 9.15. The van der Waals surface area contributed by atoms with Crippen LogP contribution in [0.15, 0.2) is 30.3 Å². The Morgan fingerprint density at radius 3 is 2.70 bits per heavy atom. The van der Waals surface area contributed by atoms with Crippen molar-refractivity contribution in [2.75, 3.05) is 20.1 Å². The molecule has 1 aromatic carbocycles. The lowest BCUT2D eigenvalue weighted by molar-refractivity contribution is -0.139. The van der Waals surface area contributed by atoms with Gasteiger partial charge in [0.15, 0.2) is 0 Å². The second-order valence-electron chi connectivity index (χ2n) is 5.00. The Labute approximate surface area is 119 Å². The first-order valence-electron chi connectivity index (χ1n) is 6.96. The summed E-state index contributed by atoms with van der Waals surface area (Å²) in [5, 5.41) is 2.62. The molecule has 0 saturated carbocycles. The Balaban J connectivity index is 2.18. The molecule has 1 aliphatic rings. The fourth-order valence-corrected chi connectivity index (χ4v) is 2.73. The van der Waals surface area contributed by atoms with Crippen LogP contribution in [0.3, 0.4) is 0 Å². The van der Waals surface area contributed by atoms with Gasteiger partial charge in [-0.05, 0) is 18.4 Å². The molecule has 2 rings (SSSR count). The number of carbonyl (C=O) groups excluding carboxylic acids is 2. The van der Waals surface area contributed by atoms with Crippen molar-refractivity contribution in [3.63, 3.8) is 0 Å². The molecular formula is C15H21N3O2. The molecule has 1 heterocycles. The molecule has 0 bridgehead atoms. The third kappa shape index (κ3) is 2.82. The van der Waals surface area contributed by atoms with Crippen molar-refractivity contribution in [1.29, 1.82) is 0 Å². The van der Waals surface area contributed by atoms with Crippen LogP contribution >= 0.6 is 0 Å². The molecule has 1 aliphatic heterocycles. The molecule has 108 valence electrons. The Morgan fingerprint density at radius 1 is 1.40 bits per heavy atom. The van der Waals surface area contributed by atoms with Crippen LogP contribution in [0.5, 0.6) is 0 Å². The van der Waals surface area contributed by atoms with Crippen LogP contribution in [-0.4, -0.2) is 42.9 Å². The maximum absolute atomic E-state index is 12.7. The minimum atomic E-state index is -0.374. The highest BCUT2D eigenvalue weighted by Crippen LogP contribution is 2.24. The van der Waals surface area contributed by atoms with Crippen LogP contribution in [0.25, 0.3) is 0 Å². The van der Waals surface area contributed by atoms with E-state index >= 15 is 0 Å². The van der Waals surface area contributed by atoms with Crippen molar-refractivity contribution >= 4 is 11.8 Å². The minimum Gasteiger partial charge on any atom is -0.357 e. The van der Waals surface area contributed by atoms with Crippen LogP contribution in [0.1, 0.15) is 24.3 Å². The molecule has 1 aromatic rings. The number of carbonyl (C=O) groups is 2. The van der Waals surface area contributed by atoms with E-state index in [-0.39, 0.29) is 30.3 Å². The summed E-state index contributed by atoms with van der Waals surface area (Å²) in [5.41, 5.74) is 6.68. The highest BCUT2D eigenvalue weighted by Gasteiger charge is 2.36. The number of hydrogen-bond acceptors (Lipinski definition) is 3. The second-order valence-corrected chi connectivity index (χ2v) is 5.00.